The number of carbonyl (C=O) groups excluding carboxylic acids is 1. The number of hydrogen-bond acceptors (Lipinski definition) is 4. The van der Waals surface area contributed by atoms with Gasteiger partial charge in [0.15, 0.2) is 0 Å². The summed E-state index contributed by atoms with van der Waals surface area (Å²) in [7, 11) is -3.50. The van der Waals surface area contributed by atoms with E-state index >= 15 is 0 Å². The molecule has 0 saturated carbocycles. The fourth-order valence-corrected chi connectivity index (χ4v) is 5.74. The summed E-state index contributed by atoms with van der Waals surface area (Å²) in [5, 5.41) is 2.59. The van der Waals surface area contributed by atoms with Crippen LogP contribution in [0.5, 0.6) is 0 Å². The third kappa shape index (κ3) is 3.91. The molecule has 1 N–H and O–H groups in total. The number of rotatable bonds is 4. The highest BCUT2D eigenvalue weighted by atomic mass is 32.2. The van der Waals surface area contributed by atoms with Gasteiger partial charge in [-0.15, -0.1) is 11.3 Å². The number of para-hydroxylation sites is 1. The highest BCUT2D eigenvalue weighted by Crippen LogP contribution is 2.28. The minimum Gasteiger partial charge on any atom is -0.323 e. The van der Waals surface area contributed by atoms with E-state index < -0.39 is 15.8 Å². The first-order chi connectivity index (χ1) is 11.9. The number of carbonyl (C=O) groups is 1. The average molecular weight is 382 g/mol. The summed E-state index contributed by atoms with van der Waals surface area (Å²) in [6.07, 6.45) is 0.841. The molecule has 0 bridgehead atoms. The first-order valence-corrected chi connectivity index (χ1v) is 10.3. The van der Waals surface area contributed by atoms with Crippen LogP contribution >= 0.6 is 11.3 Å². The molecular weight excluding hydrogens is 363 g/mol. The van der Waals surface area contributed by atoms with Crippen LogP contribution in [-0.2, 0) is 14.8 Å². The molecule has 1 fully saturated rings. The maximum absolute atomic E-state index is 13.6. The lowest BCUT2D eigenvalue weighted by molar-refractivity contribution is -0.120. The van der Waals surface area contributed by atoms with Gasteiger partial charge in [0.25, 0.3) is 10.0 Å². The van der Waals surface area contributed by atoms with Crippen molar-refractivity contribution in [1.29, 1.82) is 0 Å². The first-order valence-electron chi connectivity index (χ1n) is 8.00. The molecule has 1 aromatic carbocycles. The largest absolute Gasteiger partial charge is 0.323 e. The number of nitrogens with one attached hydrogen (secondary N) is 1. The molecule has 1 aliphatic rings. The maximum Gasteiger partial charge on any atom is 0.252 e. The van der Waals surface area contributed by atoms with E-state index in [1.807, 2.05) is 6.92 Å². The van der Waals surface area contributed by atoms with Gasteiger partial charge in [0.05, 0.1) is 5.69 Å². The third-order valence-electron chi connectivity index (χ3n) is 4.27. The minimum absolute atomic E-state index is 0.150. The van der Waals surface area contributed by atoms with Gasteiger partial charge in [0, 0.05) is 23.9 Å². The van der Waals surface area contributed by atoms with Crippen molar-refractivity contribution in [2.45, 2.75) is 24.0 Å². The van der Waals surface area contributed by atoms with Gasteiger partial charge in [-0.1, -0.05) is 12.1 Å². The van der Waals surface area contributed by atoms with Crippen LogP contribution in [0.2, 0.25) is 0 Å². The molecule has 2 aromatic rings. The fourth-order valence-electron chi connectivity index (χ4n) is 2.83. The number of amides is 1. The van der Waals surface area contributed by atoms with Crippen molar-refractivity contribution in [3.63, 3.8) is 0 Å². The number of anilines is 1. The van der Waals surface area contributed by atoms with E-state index in [9.17, 15) is 17.6 Å². The van der Waals surface area contributed by atoms with E-state index in [-0.39, 0.29) is 30.6 Å². The molecule has 1 saturated heterocycles. The van der Waals surface area contributed by atoms with Gasteiger partial charge in [-0.25, -0.2) is 12.8 Å². The molecule has 0 unspecified atom stereocenters. The molecule has 134 valence electrons. The monoisotopic (exact) mass is 382 g/mol. The van der Waals surface area contributed by atoms with Crippen LogP contribution in [0.3, 0.4) is 0 Å². The predicted octanol–water partition coefficient (Wildman–Crippen LogP) is 3.24. The molecule has 1 amide bonds. The number of aryl methyl sites for hydroxylation is 1. The quantitative estimate of drug-likeness (QED) is 0.883. The minimum atomic E-state index is -3.50. The molecule has 3 rings (SSSR count). The van der Waals surface area contributed by atoms with Gasteiger partial charge in [0.2, 0.25) is 5.91 Å². The van der Waals surface area contributed by atoms with Gasteiger partial charge in [-0.05, 0) is 44.0 Å². The molecule has 2 heterocycles. The van der Waals surface area contributed by atoms with Crippen LogP contribution < -0.4 is 5.32 Å². The number of benzene rings is 1. The van der Waals surface area contributed by atoms with E-state index in [1.165, 1.54) is 27.8 Å². The Bertz CT molecular complexity index is 872. The Morgan fingerprint density at radius 1 is 1.20 bits per heavy atom. The maximum atomic E-state index is 13.6. The second-order valence-electron chi connectivity index (χ2n) is 6.01. The van der Waals surface area contributed by atoms with Gasteiger partial charge in [-0.2, -0.15) is 4.31 Å². The number of thiophene rings is 1. The number of hydrogen-bond donors (Lipinski definition) is 1. The lowest BCUT2D eigenvalue weighted by Gasteiger charge is -2.30. The zero-order chi connectivity index (χ0) is 18.0. The van der Waals surface area contributed by atoms with Crippen LogP contribution in [-0.4, -0.2) is 31.7 Å². The molecule has 5 nitrogen and oxygen atoms in total. The van der Waals surface area contributed by atoms with Crippen molar-refractivity contribution < 1.29 is 17.6 Å². The van der Waals surface area contributed by atoms with Crippen molar-refractivity contribution in [3.05, 3.63) is 47.1 Å². The third-order valence-corrected chi connectivity index (χ3v) is 7.63. The van der Waals surface area contributed by atoms with Crippen LogP contribution in [0.15, 0.2) is 40.6 Å². The van der Waals surface area contributed by atoms with Crippen molar-refractivity contribution in [2.24, 2.45) is 5.92 Å². The van der Waals surface area contributed by atoms with Crippen LogP contribution in [0.4, 0.5) is 10.1 Å². The molecule has 0 spiro atoms. The topological polar surface area (TPSA) is 66.5 Å². The summed E-state index contributed by atoms with van der Waals surface area (Å²) in [6, 6.07) is 9.40. The Balaban J connectivity index is 1.62. The molecular formula is C17H19FN2O3S2. The zero-order valence-electron chi connectivity index (χ0n) is 13.7. The summed E-state index contributed by atoms with van der Waals surface area (Å²) in [5.41, 5.74) is 0.150. The van der Waals surface area contributed by atoms with Crippen LogP contribution in [0.1, 0.15) is 17.7 Å². The van der Waals surface area contributed by atoms with Crippen molar-refractivity contribution in [2.75, 3.05) is 18.4 Å². The highest BCUT2D eigenvalue weighted by Gasteiger charge is 2.32. The number of sulfonamides is 1. The Morgan fingerprint density at radius 3 is 2.48 bits per heavy atom. The van der Waals surface area contributed by atoms with Crippen molar-refractivity contribution >= 4 is 33.0 Å². The molecule has 0 atom stereocenters. The van der Waals surface area contributed by atoms with Crippen LogP contribution in [0, 0.1) is 18.7 Å². The molecule has 1 aliphatic heterocycles. The van der Waals surface area contributed by atoms with Gasteiger partial charge in [0.1, 0.15) is 10.0 Å². The Morgan fingerprint density at radius 2 is 1.88 bits per heavy atom. The predicted molar refractivity (Wildman–Crippen MR) is 95.6 cm³/mol. The lowest BCUT2D eigenvalue weighted by atomic mass is 9.97. The molecule has 8 heteroatoms. The summed E-state index contributed by atoms with van der Waals surface area (Å²) < 4.78 is 40.6. The molecule has 0 radical (unpaired) electrons. The lowest BCUT2D eigenvalue weighted by Crippen LogP contribution is -2.41. The van der Waals surface area contributed by atoms with E-state index in [4.69, 9.17) is 0 Å². The normalized spacial score (nSPS) is 16.7. The summed E-state index contributed by atoms with van der Waals surface area (Å²) in [6.45, 7) is 2.44. The highest BCUT2D eigenvalue weighted by molar-refractivity contribution is 7.91. The zero-order valence-corrected chi connectivity index (χ0v) is 15.4. The van der Waals surface area contributed by atoms with Crippen molar-refractivity contribution in [1.82, 2.24) is 4.31 Å². The Kier molecular flexibility index (Phi) is 5.21. The molecule has 0 aliphatic carbocycles. The van der Waals surface area contributed by atoms with Gasteiger partial charge < -0.3 is 5.32 Å². The summed E-state index contributed by atoms with van der Waals surface area (Å²) in [4.78, 5) is 13.2. The van der Waals surface area contributed by atoms with Crippen molar-refractivity contribution in [3.8, 4) is 0 Å². The standard InChI is InChI=1S/C17H19FN2O3S2/c1-12-6-7-16(24-12)25(22,23)20-10-8-13(9-11-20)17(21)19-15-5-3-2-4-14(15)18/h2-7,13H,8-11H2,1H3,(H,19,21). The number of piperidine rings is 1. The second kappa shape index (κ2) is 7.23. The smallest absolute Gasteiger partial charge is 0.252 e. The van der Waals surface area contributed by atoms with E-state index in [2.05, 4.69) is 5.32 Å². The fraction of sp³-hybridized carbons (Fsp3) is 0.353. The second-order valence-corrected chi connectivity index (χ2v) is 9.47. The Labute approximate surface area is 150 Å². The van der Waals surface area contributed by atoms with Gasteiger partial charge in [-0.3, -0.25) is 4.79 Å². The summed E-state index contributed by atoms with van der Waals surface area (Å²) in [5.74, 6) is -1.07. The average Bonchev–Trinajstić information content (AvgIpc) is 3.04. The van der Waals surface area contributed by atoms with E-state index in [0.717, 1.165) is 4.88 Å². The Hall–Kier alpha value is -1.77. The number of halogens is 1. The molecule has 25 heavy (non-hydrogen) atoms. The summed E-state index contributed by atoms with van der Waals surface area (Å²) >= 11 is 1.25. The van der Waals surface area contributed by atoms with E-state index in [0.29, 0.717) is 17.1 Å². The SMILES string of the molecule is Cc1ccc(S(=O)(=O)N2CCC(C(=O)Nc3ccccc3F)CC2)s1. The number of nitrogens with zero attached hydrogens (tertiary/aromatic N) is 1. The van der Waals surface area contributed by atoms with E-state index in [1.54, 1.807) is 24.3 Å². The van der Waals surface area contributed by atoms with Gasteiger partial charge >= 0.3 is 0 Å². The first kappa shape index (κ1) is 18.0. The molecule has 1 aromatic heterocycles. The van der Waals surface area contributed by atoms with Crippen LogP contribution in [0.25, 0.3) is 0 Å².